The predicted octanol–water partition coefficient (Wildman–Crippen LogP) is -2.61. The first-order chi connectivity index (χ1) is 11.3. The molecule has 6 heteroatoms. The standard InChI is InChI=1S/C18H11B5O/c1-10-6-3-4-8-11(2)12(9-5-7-10)24-18-16(22)14(20)13(19)15(21)17(18)23/h3-9H,1-2H2. The van der Waals surface area contributed by atoms with Crippen LogP contribution in [-0.4, -0.2) is 39.2 Å². The van der Waals surface area contributed by atoms with E-state index in [4.69, 9.17) is 44.0 Å². The van der Waals surface area contributed by atoms with E-state index in [9.17, 15) is 0 Å². The van der Waals surface area contributed by atoms with Gasteiger partial charge in [-0.1, -0.05) is 60.5 Å². The Morgan fingerprint density at radius 2 is 1.12 bits per heavy atom. The molecular weight excluding hydrogens is 286 g/mol. The molecular formula is C18H11B5O. The van der Waals surface area contributed by atoms with Gasteiger partial charge >= 0.3 is 0 Å². The van der Waals surface area contributed by atoms with E-state index in [1.165, 1.54) is 0 Å². The Balaban J connectivity index is 2.67. The average Bonchev–Trinajstić information content (AvgIpc) is 2.56. The quantitative estimate of drug-likeness (QED) is 0.552. The van der Waals surface area contributed by atoms with Gasteiger partial charge in [0, 0.05) is 5.22 Å². The van der Waals surface area contributed by atoms with Crippen LogP contribution in [0.5, 0.6) is 11.5 Å². The van der Waals surface area contributed by atoms with Gasteiger partial charge in [-0.25, -0.2) is 0 Å². The molecule has 1 nitrogen and oxygen atoms in total. The minimum atomic E-state index is 0.127. The van der Waals surface area contributed by atoms with Crippen molar-refractivity contribution in [3.63, 3.8) is 0 Å². The highest BCUT2D eigenvalue weighted by Gasteiger charge is 2.12. The van der Waals surface area contributed by atoms with Crippen molar-refractivity contribution in [1.82, 2.24) is 0 Å². The largest absolute Gasteiger partial charge is 0.458 e. The summed E-state index contributed by atoms with van der Waals surface area (Å²) < 4.78 is 5.85. The Morgan fingerprint density at radius 1 is 0.625 bits per heavy atom. The Hall–Kier alpha value is -2.22. The predicted molar refractivity (Wildman–Crippen MR) is 108 cm³/mol. The number of ether oxygens (including phenoxy) is 1. The summed E-state index contributed by atoms with van der Waals surface area (Å²) >= 11 is 0. The van der Waals surface area contributed by atoms with Gasteiger partial charge < -0.3 is 4.74 Å². The lowest BCUT2D eigenvalue weighted by atomic mass is 9.62. The summed E-state index contributed by atoms with van der Waals surface area (Å²) in [7, 11) is 29.4. The second-order valence-corrected chi connectivity index (χ2v) is 5.21. The SMILES string of the molecule is [B]c1c([B])c([B])c(Oc2cccc(=C)ccccc2=C)c([B])c1[B]. The molecule has 0 heterocycles. The van der Waals surface area contributed by atoms with Crippen LogP contribution in [0.15, 0.2) is 42.5 Å². The van der Waals surface area contributed by atoms with E-state index in [1.807, 2.05) is 24.3 Å². The van der Waals surface area contributed by atoms with E-state index in [-0.39, 0.29) is 33.1 Å². The molecule has 0 amide bonds. The maximum Gasteiger partial charge on any atom is 0.133 e. The van der Waals surface area contributed by atoms with Crippen LogP contribution in [0.2, 0.25) is 0 Å². The molecule has 0 saturated carbocycles. The number of benzene rings is 1. The van der Waals surface area contributed by atoms with Gasteiger partial charge in [-0.15, -0.1) is 16.4 Å². The van der Waals surface area contributed by atoms with Crippen molar-refractivity contribution in [2.75, 3.05) is 0 Å². The van der Waals surface area contributed by atoms with Gasteiger partial charge in [0.05, 0.1) is 0 Å². The molecule has 0 spiro atoms. The van der Waals surface area contributed by atoms with Gasteiger partial charge in [-0.05, 0) is 11.3 Å². The monoisotopic (exact) mass is 298 g/mol. The molecule has 0 atom stereocenters. The third-order valence-electron chi connectivity index (χ3n) is 3.46. The normalized spacial score (nSPS) is 10.0. The molecule has 0 bridgehead atoms. The summed E-state index contributed by atoms with van der Waals surface area (Å²) in [5, 5.41) is 1.45. The van der Waals surface area contributed by atoms with E-state index in [1.54, 1.807) is 18.2 Å². The number of rotatable bonds is 2. The van der Waals surface area contributed by atoms with Gasteiger partial charge in [-0.3, -0.25) is 0 Å². The summed E-state index contributed by atoms with van der Waals surface area (Å²) in [5.74, 6) is 0.590. The van der Waals surface area contributed by atoms with Crippen LogP contribution < -0.4 is 42.5 Å². The second-order valence-electron chi connectivity index (χ2n) is 5.21. The van der Waals surface area contributed by atoms with E-state index >= 15 is 0 Å². The Bertz CT molecular complexity index is 910. The van der Waals surface area contributed by atoms with E-state index in [0.29, 0.717) is 11.0 Å². The Kier molecular flexibility index (Phi) is 5.72. The molecule has 10 radical (unpaired) electrons. The van der Waals surface area contributed by atoms with Crippen LogP contribution in [0.4, 0.5) is 0 Å². The summed E-state index contributed by atoms with van der Waals surface area (Å²) in [4.78, 5) is 0. The molecule has 2 aromatic carbocycles. The first kappa shape index (κ1) is 18.1. The fourth-order valence-electron chi connectivity index (χ4n) is 2.00. The second kappa shape index (κ2) is 7.57. The molecule has 0 N–H and O–H groups in total. The molecule has 0 saturated heterocycles. The minimum absolute atomic E-state index is 0.127. The molecule has 104 valence electrons. The molecule has 0 aromatic heterocycles. The summed E-state index contributed by atoms with van der Waals surface area (Å²) in [6, 6.07) is 12.7. The van der Waals surface area contributed by atoms with Gasteiger partial charge in [0.15, 0.2) is 0 Å². The zero-order valence-corrected chi connectivity index (χ0v) is 13.3. The molecule has 0 aliphatic carbocycles. The van der Waals surface area contributed by atoms with Crippen molar-refractivity contribution in [2.24, 2.45) is 0 Å². The summed E-state index contributed by atoms with van der Waals surface area (Å²) in [5.41, 5.74) is 0.650. The molecule has 0 aliphatic heterocycles. The highest BCUT2D eigenvalue weighted by molar-refractivity contribution is 6.67. The molecule has 2 aromatic rings. The van der Waals surface area contributed by atoms with Crippen LogP contribution in [0.25, 0.3) is 13.2 Å². The molecule has 2 rings (SSSR count). The smallest absolute Gasteiger partial charge is 0.133 e. The lowest BCUT2D eigenvalue weighted by Crippen LogP contribution is -2.54. The molecule has 0 fully saturated rings. The van der Waals surface area contributed by atoms with Crippen molar-refractivity contribution in [3.8, 4) is 11.5 Å². The summed E-state index contributed by atoms with van der Waals surface area (Å²) in [6.07, 6.45) is 0. The van der Waals surface area contributed by atoms with Crippen LogP contribution in [0.1, 0.15) is 0 Å². The lowest BCUT2D eigenvalue weighted by Gasteiger charge is -2.20. The average molecular weight is 297 g/mol. The highest BCUT2D eigenvalue weighted by atomic mass is 16.5. The van der Waals surface area contributed by atoms with Gasteiger partial charge in [0.2, 0.25) is 0 Å². The lowest BCUT2D eigenvalue weighted by molar-refractivity contribution is 0.487. The summed E-state index contributed by atoms with van der Waals surface area (Å²) in [6.45, 7) is 7.86. The first-order valence-corrected chi connectivity index (χ1v) is 7.13. The van der Waals surface area contributed by atoms with E-state index in [2.05, 4.69) is 13.2 Å². The number of hydrogen-bond acceptors (Lipinski definition) is 1. The minimum Gasteiger partial charge on any atom is -0.458 e. The molecule has 24 heavy (non-hydrogen) atoms. The van der Waals surface area contributed by atoms with Crippen molar-refractivity contribution in [2.45, 2.75) is 0 Å². The maximum atomic E-state index is 5.98. The molecule has 0 unspecified atom stereocenters. The maximum absolute atomic E-state index is 5.98. The van der Waals surface area contributed by atoms with Gasteiger partial charge in [-0.2, -0.15) is 0 Å². The van der Waals surface area contributed by atoms with E-state index in [0.717, 1.165) is 5.22 Å². The van der Waals surface area contributed by atoms with Crippen LogP contribution >= 0.6 is 0 Å². The van der Waals surface area contributed by atoms with Crippen LogP contribution in [0.3, 0.4) is 0 Å². The van der Waals surface area contributed by atoms with E-state index < -0.39 is 0 Å². The fourth-order valence-corrected chi connectivity index (χ4v) is 2.00. The third kappa shape index (κ3) is 3.81. The Morgan fingerprint density at radius 3 is 1.75 bits per heavy atom. The third-order valence-corrected chi connectivity index (χ3v) is 3.46. The van der Waals surface area contributed by atoms with Crippen molar-refractivity contribution in [1.29, 1.82) is 0 Å². The topological polar surface area (TPSA) is 9.23 Å². The zero-order chi connectivity index (χ0) is 17.9. The zero-order valence-electron chi connectivity index (χ0n) is 13.3. The van der Waals surface area contributed by atoms with Crippen molar-refractivity contribution in [3.05, 3.63) is 52.9 Å². The van der Waals surface area contributed by atoms with Crippen molar-refractivity contribution >= 4 is 79.7 Å². The van der Waals surface area contributed by atoms with Gasteiger partial charge in [0.1, 0.15) is 50.7 Å². The van der Waals surface area contributed by atoms with Crippen molar-refractivity contribution < 1.29 is 4.74 Å². The first-order valence-electron chi connectivity index (χ1n) is 7.13. The molecule has 0 aliphatic rings. The fraction of sp³-hybridized carbons (Fsp3) is 0. The number of hydrogen-bond donors (Lipinski definition) is 0. The Labute approximate surface area is 149 Å². The van der Waals surface area contributed by atoms with Crippen LogP contribution in [0, 0.1) is 0 Å². The highest BCUT2D eigenvalue weighted by Crippen LogP contribution is 2.10. The van der Waals surface area contributed by atoms with Crippen LogP contribution in [-0.2, 0) is 0 Å². The van der Waals surface area contributed by atoms with Gasteiger partial charge in [0.25, 0.3) is 0 Å².